The monoisotopic (exact) mass is 342 g/mol. The van der Waals surface area contributed by atoms with E-state index in [4.69, 9.17) is 16.3 Å². The minimum Gasteiger partial charge on any atom is -0.457 e. The molecular weight excluding hydrogens is 332 g/mol. The highest BCUT2D eigenvalue weighted by atomic mass is 79.9. The first-order chi connectivity index (χ1) is 8.74. The second-order valence-electron chi connectivity index (χ2n) is 3.63. The number of thioether (sulfide) groups is 1. The Kier molecular flexibility index (Phi) is 4.98. The average Bonchev–Trinajstić information content (AvgIpc) is 2.40. The van der Waals surface area contributed by atoms with Crippen molar-refractivity contribution < 1.29 is 4.74 Å². The van der Waals surface area contributed by atoms with Gasteiger partial charge in [-0.25, -0.2) is 0 Å². The van der Waals surface area contributed by atoms with Crippen LogP contribution in [0.5, 0.6) is 11.5 Å². The third-order valence-corrected chi connectivity index (χ3v) is 4.16. The number of benzene rings is 2. The average molecular weight is 344 g/mol. The number of hydrogen-bond acceptors (Lipinski definition) is 2. The molecule has 2 aromatic carbocycles. The third-order valence-electron chi connectivity index (χ3n) is 2.50. The van der Waals surface area contributed by atoms with Gasteiger partial charge in [-0.1, -0.05) is 33.6 Å². The van der Waals surface area contributed by atoms with Gasteiger partial charge in [0.05, 0.1) is 0 Å². The Balaban J connectivity index is 2.25. The molecule has 0 spiro atoms. The number of ether oxygens (including phenoxy) is 1. The topological polar surface area (TPSA) is 9.23 Å². The smallest absolute Gasteiger partial charge is 0.132 e. The molecule has 2 aromatic rings. The highest BCUT2D eigenvalue weighted by molar-refractivity contribution is 9.08. The van der Waals surface area contributed by atoms with Crippen molar-refractivity contribution in [1.82, 2.24) is 0 Å². The van der Waals surface area contributed by atoms with Crippen LogP contribution in [-0.4, -0.2) is 6.26 Å². The van der Waals surface area contributed by atoms with Gasteiger partial charge in [-0.2, -0.15) is 0 Å². The maximum Gasteiger partial charge on any atom is 0.132 e. The molecule has 0 aromatic heterocycles. The lowest BCUT2D eigenvalue weighted by Gasteiger charge is -2.11. The largest absolute Gasteiger partial charge is 0.457 e. The van der Waals surface area contributed by atoms with Crippen molar-refractivity contribution in [3.8, 4) is 11.5 Å². The first-order valence-electron chi connectivity index (χ1n) is 5.40. The lowest BCUT2D eigenvalue weighted by atomic mass is 10.2. The van der Waals surface area contributed by atoms with Crippen LogP contribution in [0.3, 0.4) is 0 Å². The van der Waals surface area contributed by atoms with Crippen LogP contribution in [0, 0.1) is 0 Å². The molecule has 0 fully saturated rings. The van der Waals surface area contributed by atoms with Crippen molar-refractivity contribution in [1.29, 1.82) is 0 Å². The van der Waals surface area contributed by atoms with E-state index in [2.05, 4.69) is 22.2 Å². The zero-order valence-corrected chi connectivity index (χ0v) is 13.0. The van der Waals surface area contributed by atoms with Crippen LogP contribution in [0.1, 0.15) is 5.56 Å². The van der Waals surface area contributed by atoms with Gasteiger partial charge in [0.1, 0.15) is 11.5 Å². The molecule has 4 heteroatoms. The molecule has 0 saturated carbocycles. The van der Waals surface area contributed by atoms with Gasteiger partial charge in [0.2, 0.25) is 0 Å². The first-order valence-corrected chi connectivity index (χ1v) is 8.12. The maximum atomic E-state index is 6.13. The van der Waals surface area contributed by atoms with Crippen LogP contribution in [0.25, 0.3) is 0 Å². The van der Waals surface area contributed by atoms with Crippen molar-refractivity contribution in [2.24, 2.45) is 0 Å². The predicted octanol–water partition coefficient (Wildman–Crippen LogP) is 5.75. The lowest BCUT2D eigenvalue weighted by Crippen LogP contribution is -1.90. The molecule has 0 N–H and O–H groups in total. The summed E-state index contributed by atoms with van der Waals surface area (Å²) in [5.41, 5.74) is 0.966. The van der Waals surface area contributed by atoms with E-state index in [1.165, 1.54) is 4.90 Å². The standard InChI is InChI=1S/C14H12BrClOS/c1-18-11-7-5-10(6-8-11)17-14-4-2-3-13(16)12(14)9-15/h2-8H,9H2,1H3. The number of alkyl halides is 1. The summed E-state index contributed by atoms with van der Waals surface area (Å²) in [4.78, 5) is 1.22. The van der Waals surface area contributed by atoms with Crippen molar-refractivity contribution in [2.75, 3.05) is 6.26 Å². The molecule has 0 aliphatic rings. The van der Waals surface area contributed by atoms with Crippen molar-refractivity contribution in [2.45, 2.75) is 10.2 Å². The minimum absolute atomic E-state index is 0.672. The van der Waals surface area contributed by atoms with Gasteiger partial charge in [0.25, 0.3) is 0 Å². The molecular formula is C14H12BrClOS. The second kappa shape index (κ2) is 6.50. The van der Waals surface area contributed by atoms with Crippen LogP contribution in [0.15, 0.2) is 47.4 Å². The Morgan fingerprint density at radius 1 is 1.17 bits per heavy atom. The van der Waals surface area contributed by atoms with Crippen LogP contribution in [0.4, 0.5) is 0 Å². The van der Waals surface area contributed by atoms with Crippen molar-refractivity contribution in [3.63, 3.8) is 0 Å². The Labute approximate surface area is 125 Å². The summed E-state index contributed by atoms with van der Waals surface area (Å²) >= 11 is 11.3. The molecule has 0 bridgehead atoms. The van der Waals surface area contributed by atoms with Gasteiger partial charge in [-0.05, 0) is 42.7 Å². The van der Waals surface area contributed by atoms with Crippen LogP contribution >= 0.6 is 39.3 Å². The fraction of sp³-hybridized carbons (Fsp3) is 0.143. The molecule has 0 unspecified atom stereocenters. The highest BCUT2D eigenvalue weighted by Crippen LogP contribution is 2.32. The molecule has 0 amide bonds. The zero-order valence-electron chi connectivity index (χ0n) is 9.82. The van der Waals surface area contributed by atoms with Gasteiger partial charge in [-0.15, -0.1) is 11.8 Å². The predicted molar refractivity (Wildman–Crippen MR) is 82.4 cm³/mol. The molecule has 0 radical (unpaired) electrons. The molecule has 0 saturated heterocycles. The molecule has 0 heterocycles. The Bertz CT molecular complexity index is 528. The number of halogens is 2. The fourth-order valence-corrected chi connectivity index (χ4v) is 2.92. The van der Waals surface area contributed by atoms with E-state index in [0.29, 0.717) is 10.4 Å². The molecule has 0 aliphatic carbocycles. The third kappa shape index (κ3) is 3.22. The maximum absolute atomic E-state index is 6.13. The van der Waals surface area contributed by atoms with Gasteiger partial charge < -0.3 is 4.74 Å². The minimum atomic E-state index is 0.672. The number of rotatable bonds is 4. The second-order valence-corrected chi connectivity index (χ2v) is 5.48. The summed E-state index contributed by atoms with van der Waals surface area (Å²) in [5, 5.41) is 1.38. The molecule has 1 nitrogen and oxygen atoms in total. The zero-order chi connectivity index (χ0) is 13.0. The van der Waals surface area contributed by atoms with E-state index in [1.807, 2.05) is 42.5 Å². The lowest BCUT2D eigenvalue weighted by molar-refractivity contribution is 0.478. The van der Waals surface area contributed by atoms with E-state index >= 15 is 0 Å². The van der Waals surface area contributed by atoms with Gasteiger partial charge >= 0.3 is 0 Å². The fourth-order valence-electron chi connectivity index (χ4n) is 1.53. The summed E-state index contributed by atoms with van der Waals surface area (Å²) in [7, 11) is 0. The van der Waals surface area contributed by atoms with E-state index in [-0.39, 0.29) is 0 Å². The summed E-state index contributed by atoms with van der Waals surface area (Å²) in [6.45, 7) is 0. The highest BCUT2D eigenvalue weighted by Gasteiger charge is 2.07. The van der Waals surface area contributed by atoms with E-state index in [9.17, 15) is 0 Å². The molecule has 0 atom stereocenters. The summed E-state index contributed by atoms with van der Waals surface area (Å²) in [5.74, 6) is 1.61. The van der Waals surface area contributed by atoms with E-state index < -0.39 is 0 Å². The van der Waals surface area contributed by atoms with E-state index in [0.717, 1.165) is 17.1 Å². The van der Waals surface area contributed by atoms with Gasteiger partial charge in [-0.3, -0.25) is 0 Å². The molecule has 94 valence electrons. The van der Waals surface area contributed by atoms with Crippen LogP contribution in [0.2, 0.25) is 5.02 Å². The van der Waals surface area contributed by atoms with Gasteiger partial charge in [0.15, 0.2) is 0 Å². The van der Waals surface area contributed by atoms with Crippen molar-refractivity contribution >= 4 is 39.3 Å². The normalized spacial score (nSPS) is 10.4. The van der Waals surface area contributed by atoms with Crippen molar-refractivity contribution in [3.05, 3.63) is 53.1 Å². The van der Waals surface area contributed by atoms with Crippen LogP contribution in [-0.2, 0) is 5.33 Å². The Morgan fingerprint density at radius 3 is 2.50 bits per heavy atom. The van der Waals surface area contributed by atoms with E-state index in [1.54, 1.807) is 11.8 Å². The first kappa shape index (κ1) is 13.8. The van der Waals surface area contributed by atoms with Gasteiger partial charge in [0, 0.05) is 20.8 Å². The summed E-state index contributed by atoms with van der Waals surface area (Å²) < 4.78 is 5.86. The SMILES string of the molecule is CSc1ccc(Oc2cccc(Cl)c2CBr)cc1. The molecule has 18 heavy (non-hydrogen) atoms. The number of hydrogen-bond donors (Lipinski definition) is 0. The summed E-state index contributed by atoms with van der Waals surface area (Å²) in [6.07, 6.45) is 2.05. The molecule has 0 aliphatic heterocycles. The Morgan fingerprint density at radius 2 is 1.89 bits per heavy atom. The van der Waals surface area contributed by atoms with Crippen LogP contribution < -0.4 is 4.74 Å². The summed E-state index contributed by atoms with van der Waals surface area (Å²) in [6, 6.07) is 13.7. The quantitative estimate of drug-likeness (QED) is 0.516. The Hall–Kier alpha value is -0.640. The molecule has 2 rings (SSSR count).